The van der Waals surface area contributed by atoms with Crippen molar-refractivity contribution in [2.45, 2.75) is 52.0 Å². The van der Waals surface area contributed by atoms with Gasteiger partial charge in [0.1, 0.15) is 18.1 Å². The summed E-state index contributed by atoms with van der Waals surface area (Å²) in [5.41, 5.74) is 0.739. The molecule has 0 radical (unpaired) electrons. The number of benzene rings is 1. The van der Waals surface area contributed by atoms with E-state index in [1.165, 1.54) is 12.8 Å². The number of ether oxygens (including phenoxy) is 2. The lowest BCUT2D eigenvalue weighted by Crippen LogP contribution is -2.39. The highest BCUT2D eigenvalue weighted by Crippen LogP contribution is 2.20. The van der Waals surface area contributed by atoms with Crippen LogP contribution in [0.5, 0.6) is 5.75 Å². The summed E-state index contributed by atoms with van der Waals surface area (Å²) in [6, 6.07) is 6.50. The Morgan fingerprint density at radius 3 is 2.46 bits per heavy atom. The van der Waals surface area contributed by atoms with Gasteiger partial charge in [0.2, 0.25) is 0 Å². The molecule has 0 aliphatic heterocycles. The summed E-state index contributed by atoms with van der Waals surface area (Å²) >= 11 is 0. The number of carbonyl (C=O) groups is 2. The van der Waals surface area contributed by atoms with Crippen LogP contribution in [-0.2, 0) is 14.3 Å². The van der Waals surface area contributed by atoms with Gasteiger partial charge in [-0.15, -0.1) is 0 Å². The maximum Gasteiger partial charge on any atom is 0.329 e. The van der Waals surface area contributed by atoms with Gasteiger partial charge in [0.25, 0.3) is 0 Å². The van der Waals surface area contributed by atoms with Gasteiger partial charge >= 0.3 is 5.97 Å². The molecule has 1 aromatic rings. The highest BCUT2D eigenvalue weighted by Gasteiger charge is 2.28. The van der Waals surface area contributed by atoms with E-state index in [2.05, 4.69) is 18.3 Å². The first kappa shape index (κ1) is 21.7. The van der Waals surface area contributed by atoms with Gasteiger partial charge < -0.3 is 19.6 Å². The van der Waals surface area contributed by atoms with Crippen LogP contribution in [0.25, 0.3) is 0 Å². The number of nitrogens with one attached hydrogen (secondary N) is 1. The Balaban J connectivity index is 2.77. The Morgan fingerprint density at radius 2 is 1.88 bits per heavy atom. The molecule has 0 saturated heterocycles. The van der Waals surface area contributed by atoms with Crippen molar-refractivity contribution in [1.29, 1.82) is 0 Å². The van der Waals surface area contributed by atoms with E-state index in [1.807, 2.05) is 18.2 Å². The summed E-state index contributed by atoms with van der Waals surface area (Å²) in [5.74, 6) is -0.177. The average Bonchev–Trinajstić information content (AvgIpc) is 2.67. The second-order valence-corrected chi connectivity index (χ2v) is 6.11. The van der Waals surface area contributed by atoms with E-state index < -0.39 is 17.9 Å². The van der Waals surface area contributed by atoms with Crippen LogP contribution in [0.3, 0.4) is 0 Å². The molecular weight excluding hydrogens is 330 g/mol. The average molecular weight is 361 g/mol. The first-order chi connectivity index (χ1) is 12.7. The molecule has 5 heteroatoms. The van der Waals surface area contributed by atoms with Gasteiger partial charge in [-0.2, -0.15) is 0 Å². The molecule has 0 aliphatic rings. The minimum atomic E-state index is -0.721. The Labute approximate surface area is 156 Å². The van der Waals surface area contributed by atoms with E-state index >= 15 is 0 Å². The Morgan fingerprint density at radius 1 is 1.15 bits per heavy atom. The molecule has 1 rings (SSSR count). The molecule has 0 saturated carbocycles. The molecular formula is C21H31NO4. The van der Waals surface area contributed by atoms with E-state index in [9.17, 15) is 9.59 Å². The largest absolute Gasteiger partial charge is 0.497 e. The topological polar surface area (TPSA) is 64.6 Å². The predicted molar refractivity (Wildman–Crippen MR) is 104 cm³/mol. The fraction of sp³-hybridized carbons (Fsp3) is 0.524. The highest BCUT2D eigenvalue weighted by atomic mass is 16.5. The maximum atomic E-state index is 12.4. The van der Waals surface area contributed by atoms with Gasteiger partial charge in [0, 0.05) is 11.6 Å². The molecule has 0 spiro atoms. The van der Waals surface area contributed by atoms with Crippen molar-refractivity contribution < 1.29 is 19.1 Å². The van der Waals surface area contributed by atoms with Gasteiger partial charge in [-0.3, -0.25) is 0 Å². The van der Waals surface area contributed by atoms with Gasteiger partial charge in [-0.05, 0) is 50.5 Å². The molecule has 0 heterocycles. The van der Waals surface area contributed by atoms with Crippen LogP contribution in [0.4, 0.5) is 5.69 Å². The van der Waals surface area contributed by atoms with E-state index in [-0.39, 0.29) is 6.61 Å². The smallest absolute Gasteiger partial charge is 0.329 e. The van der Waals surface area contributed by atoms with Crippen molar-refractivity contribution in [3.63, 3.8) is 0 Å². The van der Waals surface area contributed by atoms with E-state index in [4.69, 9.17) is 9.47 Å². The van der Waals surface area contributed by atoms with E-state index in [0.717, 1.165) is 30.6 Å². The zero-order chi connectivity index (χ0) is 19.2. The Kier molecular flexibility index (Phi) is 10.9. The summed E-state index contributed by atoms with van der Waals surface area (Å²) < 4.78 is 10.3. The Hall–Kier alpha value is -2.30. The Bertz CT molecular complexity index is 554. The minimum absolute atomic E-state index is 0.276. The van der Waals surface area contributed by atoms with Gasteiger partial charge in [0.15, 0.2) is 0 Å². The third kappa shape index (κ3) is 7.72. The van der Waals surface area contributed by atoms with Crippen LogP contribution in [0.15, 0.2) is 36.4 Å². The number of methoxy groups -OCH3 is 1. The normalized spacial score (nSPS) is 13.2. The first-order valence-corrected chi connectivity index (χ1v) is 9.33. The summed E-state index contributed by atoms with van der Waals surface area (Å²) in [7, 11) is 1.60. The molecule has 26 heavy (non-hydrogen) atoms. The number of allylic oxidation sites excluding steroid dienone is 2. The van der Waals surface area contributed by atoms with E-state index in [0.29, 0.717) is 6.42 Å². The molecule has 0 amide bonds. The molecule has 1 aromatic carbocycles. The number of rotatable bonds is 13. The lowest BCUT2D eigenvalue weighted by atomic mass is 9.96. The quantitative estimate of drug-likeness (QED) is 0.244. The molecule has 2 atom stereocenters. The molecule has 144 valence electrons. The number of anilines is 1. The number of aldehydes is 1. The number of hydrogen-bond donors (Lipinski definition) is 1. The van der Waals surface area contributed by atoms with Crippen LogP contribution in [0.1, 0.15) is 46.0 Å². The van der Waals surface area contributed by atoms with Crippen molar-refractivity contribution in [2.75, 3.05) is 19.0 Å². The zero-order valence-electron chi connectivity index (χ0n) is 16.1. The summed E-state index contributed by atoms with van der Waals surface area (Å²) in [6.07, 6.45) is 9.92. The lowest BCUT2D eigenvalue weighted by molar-refractivity contribution is -0.146. The monoisotopic (exact) mass is 361 g/mol. The van der Waals surface area contributed by atoms with Crippen LogP contribution < -0.4 is 10.1 Å². The van der Waals surface area contributed by atoms with Crippen molar-refractivity contribution in [1.82, 2.24) is 0 Å². The SMILES string of the molecule is CCCCC/C=C/C[C@@H](C=O)[C@H](Nc1ccc(OC)cc1)C(=O)OCC. The minimum Gasteiger partial charge on any atom is -0.497 e. The molecule has 0 aliphatic carbocycles. The van der Waals surface area contributed by atoms with Crippen molar-refractivity contribution in [3.8, 4) is 5.75 Å². The van der Waals surface area contributed by atoms with Crippen LogP contribution in [-0.4, -0.2) is 32.0 Å². The fourth-order valence-electron chi connectivity index (χ4n) is 2.59. The fourth-order valence-corrected chi connectivity index (χ4v) is 2.59. The van der Waals surface area contributed by atoms with Crippen LogP contribution in [0, 0.1) is 5.92 Å². The van der Waals surface area contributed by atoms with E-state index in [1.54, 1.807) is 26.2 Å². The standard InChI is InChI=1S/C21H31NO4/c1-4-6-7-8-9-10-11-17(16-23)20(21(24)26-5-2)22-18-12-14-19(25-3)15-13-18/h9-10,12-17,20,22H,4-8,11H2,1-3H3/b10-9+/t17-,20-/m0/s1. The number of hydrogen-bond acceptors (Lipinski definition) is 5. The number of carbonyl (C=O) groups excluding carboxylic acids is 2. The van der Waals surface area contributed by atoms with Crippen molar-refractivity contribution in [3.05, 3.63) is 36.4 Å². The highest BCUT2D eigenvalue weighted by molar-refractivity contribution is 5.83. The second-order valence-electron chi connectivity index (χ2n) is 6.11. The summed E-state index contributed by atoms with van der Waals surface area (Å²) in [4.78, 5) is 24.0. The number of esters is 1. The van der Waals surface area contributed by atoms with Crippen molar-refractivity contribution in [2.24, 2.45) is 5.92 Å². The third-order valence-corrected chi connectivity index (χ3v) is 4.10. The van der Waals surface area contributed by atoms with Crippen molar-refractivity contribution >= 4 is 17.9 Å². The van der Waals surface area contributed by atoms with Gasteiger partial charge in [-0.25, -0.2) is 4.79 Å². The number of unbranched alkanes of at least 4 members (excludes halogenated alkanes) is 3. The molecule has 1 N–H and O–H groups in total. The van der Waals surface area contributed by atoms with Gasteiger partial charge in [0.05, 0.1) is 13.7 Å². The second kappa shape index (κ2) is 13.0. The molecule has 0 aromatic heterocycles. The van der Waals surface area contributed by atoms with Gasteiger partial charge in [-0.1, -0.05) is 31.9 Å². The van der Waals surface area contributed by atoms with Crippen LogP contribution >= 0.6 is 0 Å². The van der Waals surface area contributed by atoms with Crippen LogP contribution in [0.2, 0.25) is 0 Å². The zero-order valence-corrected chi connectivity index (χ0v) is 16.1. The molecule has 0 fully saturated rings. The molecule has 0 bridgehead atoms. The summed E-state index contributed by atoms with van der Waals surface area (Å²) in [5, 5.41) is 3.13. The first-order valence-electron chi connectivity index (χ1n) is 9.33. The predicted octanol–water partition coefficient (Wildman–Crippen LogP) is 4.38. The molecule has 0 unspecified atom stereocenters. The lowest BCUT2D eigenvalue weighted by Gasteiger charge is -2.23. The molecule has 5 nitrogen and oxygen atoms in total. The summed E-state index contributed by atoms with van der Waals surface area (Å²) in [6.45, 7) is 4.20. The maximum absolute atomic E-state index is 12.4. The third-order valence-electron chi connectivity index (χ3n) is 4.10.